The van der Waals surface area contributed by atoms with Gasteiger partial charge in [-0.05, 0) is 63.6 Å². The molecule has 4 rings (SSSR count). The summed E-state index contributed by atoms with van der Waals surface area (Å²) in [7, 11) is 0. The first-order valence-electron chi connectivity index (χ1n) is 6.87. The number of rotatable bonds is 2. The molecule has 0 unspecified atom stereocenters. The van der Waals surface area contributed by atoms with Crippen LogP contribution < -0.4 is 5.32 Å². The summed E-state index contributed by atoms with van der Waals surface area (Å²) in [4.78, 5) is 2.69. The van der Waals surface area contributed by atoms with Crippen LogP contribution in [0.1, 0.15) is 38.5 Å². The molecule has 2 heteroatoms. The maximum Gasteiger partial charge on any atom is 0.00702 e. The summed E-state index contributed by atoms with van der Waals surface area (Å²) in [5, 5.41) is 3.71. The Kier molecular flexibility index (Phi) is 2.98. The molecule has 0 saturated carbocycles. The predicted molar refractivity (Wildman–Crippen MR) is 62.9 cm³/mol. The highest BCUT2D eigenvalue weighted by atomic mass is 15.1. The molecule has 15 heavy (non-hydrogen) atoms. The molecule has 0 aliphatic carbocycles. The zero-order chi connectivity index (χ0) is 10.1. The van der Waals surface area contributed by atoms with Crippen LogP contribution in [-0.4, -0.2) is 37.1 Å². The zero-order valence-corrected chi connectivity index (χ0v) is 9.75. The van der Waals surface area contributed by atoms with Crippen molar-refractivity contribution in [3.05, 3.63) is 0 Å². The second-order valence-corrected chi connectivity index (χ2v) is 5.78. The van der Waals surface area contributed by atoms with Gasteiger partial charge in [-0.25, -0.2) is 0 Å². The van der Waals surface area contributed by atoms with E-state index in [9.17, 15) is 0 Å². The van der Waals surface area contributed by atoms with Gasteiger partial charge in [0, 0.05) is 12.6 Å². The Hall–Kier alpha value is -0.0800. The van der Waals surface area contributed by atoms with Crippen molar-refractivity contribution in [1.29, 1.82) is 0 Å². The molecule has 4 heterocycles. The van der Waals surface area contributed by atoms with Gasteiger partial charge in [-0.2, -0.15) is 0 Å². The van der Waals surface area contributed by atoms with E-state index < -0.39 is 0 Å². The first-order valence-corrected chi connectivity index (χ1v) is 6.87. The van der Waals surface area contributed by atoms with Crippen LogP contribution in [0.2, 0.25) is 0 Å². The Balaban J connectivity index is 1.54. The van der Waals surface area contributed by atoms with Gasteiger partial charge in [-0.3, -0.25) is 0 Å². The van der Waals surface area contributed by atoms with Gasteiger partial charge in [-0.1, -0.05) is 6.42 Å². The Morgan fingerprint density at radius 3 is 2.53 bits per heavy atom. The minimum absolute atomic E-state index is 0.851. The van der Waals surface area contributed by atoms with Gasteiger partial charge in [-0.15, -0.1) is 0 Å². The normalized spacial score (nSPS) is 45.6. The molecule has 0 aromatic carbocycles. The molecule has 4 fully saturated rings. The second-order valence-electron chi connectivity index (χ2n) is 5.78. The quantitative estimate of drug-likeness (QED) is 0.745. The molecule has 4 aliphatic heterocycles. The molecule has 86 valence electrons. The van der Waals surface area contributed by atoms with Crippen LogP contribution in [-0.2, 0) is 0 Å². The molecule has 0 aromatic rings. The van der Waals surface area contributed by atoms with E-state index in [1.165, 1.54) is 64.7 Å². The Bertz CT molecular complexity index is 203. The lowest BCUT2D eigenvalue weighted by molar-refractivity contribution is 0.0397. The van der Waals surface area contributed by atoms with E-state index >= 15 is 0 Å². The van der Waals surface area contributed by atoms with Crippen LogP contribution in [0.25, 0.3) is 0 Å². The summed E-state index contributed by atoms with van der Waals surface area (Å²) < 4.78 is 0. The van der Waals surface area contributed by atoms with Crippen LogP contribution in [0.5, 0.6) is 0 Å². The van der Waals surface area contributed by atoms with Crippen LogP contribution >= 0.6 is 0 Å². The van der Waals surface area contributed by atoms with E-state index in [2.05, 4.69) is 10.2 Å². The lowest BCUT2D eigenvalue weighted by Crippen LogP contribution is -2.49. The Morgan fingerprint density at radius 2 is 1.93 bits per heavy atom. The number of hydrogen-bond acceptors (Lipinski definition) is 2. The molecule has 0 spiro atoms. The lowest BCUT2D eigenvalue weighted by Gasteiger charge is -2.46. The summed E-state index contributed by atoms with van der Waals surface area (Å²) in [6.07, 6.45) is 8.72. The number of nitrogens with zero attached hydrogens (tertiary/aromatic N) is 1. The van der Waals surface area contributed by atoms with Gasteiger partial charge >= 0.3 is 0 Å². The molecule has 1 N–H and O–H groups in total. The van der Waals surface area contributed by atoms with Crippen molar-refractivity contribution in [1.82, 2.24) is 10.2 Å². The minimum atomic E-state index is 0.851. The molecule has 0 amide bonds. The largest absolute Gasteiger partial charge is 0.314 e. The van der Waals surface area contributed by atoms with Crippen LogP contribution in [0, 0.1) is 11.8 Å². The lowest BCUT2D eigenvalue weighted by atomic mass is 9.75. The second kappa shape index (κ2) is 4.42. The molecule has 2 bridgehead atoms. The van der Waals surface area contributed by atoms with Gasteiger partial charge in [0.05, 0.1) is 0 Å². The first kappa shape index (κ1) is 10.1. The first-order chi connectivity index (χ1) is 7.42. The Labute approximate surface area is 93.4 Å². The van der Waals surface area contributed by atoms with E-state index in [4.69, 9.17) is 0 Å². The van der Waals surface area contributed by atoms with Gasteiger partial charge in [0.2, 0.25) is 0 Å². The summed E-state index contributed by atoms with van der Waals surface area (Å²) >= 11 is 0. The van der Waals surface area contributed by atoms with Crippen LogP contribution in [0.15, 0.2) is 0 Å². The van der Waals surface area contributed by atoms with Gasteiger partial charge in [0.15, 0.2) is 0 Å². The SMILES string of the molecule is C1CC[C@@H](C[C@@H]2CN3CCC2CC3)NC1. The van der Waals surface area contributed by atoms with Crippen molar-refractivity contribution >= 4 is 0 Å². The number of piperidine rings is 4. The van der Waals surface area contributed by atoms with E-state index in [1.807, 2.05) is 0 Å². The zero-order valence-electron chi connectivity index (χ0n) is 9.75. The average molecular weight is 208 g/mol. The van der Waals surface area contributed by atoms with Crippen molar-refractivity contribution in [2.75, 3.05) is 26.2 Å². The molecule has 0 radical (unpaired) electrons. The highest BCUT2D eigenvalue weighted by molar-refractivity contribution is 4.89. The summed E-state index contributed by atoms with van der Waals surface area (Å²) in [5.74, 6) is 2.09. The summed E-state index contributed by atoms with van der Waals surface area (Å²) in [5.41, 5.74) is 0. The average Bonchev–Trinajstić information content (AvgIpc) is 2.32. The van der Waals surface area contributed by atoms with Gasteiger partial charge < -0.3 is 10.2 Å². The van der Waals surface area contributed by atoms with Crippen molar-refractivity contribution in [2.45, 2.75) is 44.6 Å². The topological polar surface area (TPSA) is 15.3 Å². The van der Waals surface area contributed by atoms with Gasteiger partial charge in [0.25, 0.3) is 0 Å². The minimum Gasteiger partial charge on any atom is -0.314 e. The third-order valence-corrected chi connectivity index (χ3v) is 4.79. The molecule has 2 atom stereocenters. The number of nitrogens with one attached hydrogen (secondary N) is 1. The highest BCUT2D eigenvalue weighted by Gasteiger charge is 2.35. The van der Waals surface area contributed by atoms with Gasteiger partial charge in [0.1, 0.15) is 0 Å². The molecule has 0 aromatic heterocycles. The fraction of sp³-hybridized carbons (Fsp3) is 1.00. The Morgan fingerprint density at radius 1 is 1.07 bits per heavy atom. The van der Waals surface area contributed by atoms with Crippen LogP contribution in [0.4, 0.5) is 0 Å². The molecule has 4 saturated heterocycles. The fourth-order valence-electron chi connectivity index (χ4n) is 3.85. The van der Waals surface area contributed by atoms with Crippen molar-refractivity contribution in [3.8, 4) is 0 Å². The maximum atomic E-state index is 3.71. The molecule has 2 nitrogen and oxygen atoms in total. The maximum absolute atomic E-state index is 3.71. The molecular weight excluding hydrogens is 184 g/mol. The van der Waals surface area contributed by atoms with Crippen molar-refractivity contribution in [3.63, 3.8) is 0 Å². The van der Waals surface area contributed by atoms with Crippen molar-refractivity contribution in [2.24, 2.45) is 11.8 Å². The highest BCUT2D eigenvalue weighted by Crippen LogP contribution is 2.35. The molecule has 4 aliphatic rings. The predicted octanol–water partition coefficient (Wildman–Crippen LogP) is 1.86. The smallest absolute Gasteiger partial charge is 0.00702 e. The van der Waals surface area contributed by atoms with E-state index in [0.29, 0.717) is 0 Å². The summed E-state index contributed by atoms with van der Waals surface area (Å²) in [6.45, 7) is 5.45. The monoisotopic (exact) mass is 208 g/mol. The fourth-order valence-corrected chi connectivity index (χ4v) is 3.85. The third-order valence-electron chi connectivity index (χ3n) is 4.79. The third kappa shape index (κ3) is 2.21. The van der Waals surface area contributed by atoms with E-state index in [0.717, 1.165) is 17.9 Å². The number of fused-ring (bicyclic) bond motifs is 3. The van der Waals surface area contributed by atoms with E-state index in [-0.39, 0.29) is 0 Å². The molecular formula is C13H24N2. The van der Waals surface area contributed by atoms with Crippen LogP contribution in [0.3, 0.4) is 0 Å². The number of hydrogen-bond donors (Lipinski definition) is 1. The van der Waals surface area contributed by atoms with E-state index in [1.54, 1.807) is 0 Å². The standard InChI is InChI=1S/C13H24N2/c1-2-6-14-13(3-1)9-12-10-15-7-4-11(12)5-8-15/h11-14H,1-10H2/t12-,13+/m1/s1. The summed E-state index contributed by atoms with van der Waals surface area (Å²) in [6, 6.07) is 0.851. The van der Waals surface area contributed by atoms with Crippen molar-refractivity contribution < 1.29 is 0 Å².